The Balaban J connectivity index is 2.14. The SMILES string of the molecule is Cc1cc(OC(C)C)ccc1NC(=O)c1nonc1N. The second-order valence-electron chi connectivity index (χ2n) is 4.60. The van der Waals surface area contributed by atoms with Gasteiger partial charge in [0.2, 0.25) is 11.5 Å². The van der Waals surface area contributed by atoms with Gasteiger partial charge in [0.1, 0.15) is 5.75 Å². The van der Waals surface area contributed by atoms with Crippen LogP contribution < -0.4 is 15.8 Å². The molecule has 0 fully saturated rings. The Kier molecular flexibility index (Phi) is 3.88. The number of benzene rings is 1. The van der Waals surface area contributed by atoms with Gasteiger partial charge in [-0.15, -0.1) is 0 Å². The number of carbonyl (C=O) groups is 1. The number of aryl methyl sites for hydroxylation is 1. The lowest BCUT2D eigenvalue weighted by Gasteiger charge is -2.12. The molecule has 2 aromatic rings. The summed E-state index contributed by atoms with van der Waals surface area (Å²) in [7, 11) is 0. The molecule has 0 atom stereocenters. The van der Waals surface area contributed by atoms with Crippen molar-refractivity contribution in [3.8, 4) is 5.75 Å². The molecule has 0 saturated heterocycles. The van der Waals surface area contributed by atoms with Crippen LogP contribution in [0.4, 0.5) is 11.5 Å². The minimum atomic E-state index is -0.468. The number of ether oxygens (including phenoxy) is 1. The molecule has 0 spiro atoms. The molecule has 0 aliphatic rings. The van der Waals surface area contributed by atoms with Crippen LogP contribution in [0, 0.1) is 6.92 Å². The van der Waals surface area contributed by atoms with Gasteiger partial charge in [-0.3, -0.25) is 4.79 Å². The fourth-order valence-electron chi connectivity index (χ4n) is 1.66. The lowest BCUT2D eigenvalue weighted by atomic mass is 10.2. The topological polar surface area (TPSA) is 103 Å². The lowest BCUT2D eigenvalue weighted by molar-refractivity contribution is 0.101. The molecule has 0 aliphatic heterocycles. The number of anilines is 2. The molecular formula is C13H16N4O3. The maximum Gasteiger partial charge on any atom is 0.281 e. The maximum absolute atomic E-state index is 11.9. The Morgan fingerprint density at radius 3 is 2.70 bits per heavy atom. The largest absolute Gasteiger partial charge is 0.491 e. The zero-order valence-electron chi connectivity index (χ0n) is 11.5. The molecule has 106 valence electrons. The van der Waals surface area contributed by atoms with Crippen molar-refractivity contribution in [1.82, 2.24) is 10.3 Å². The molecule has 3 N–H and O–H groups in total. The summed E-state index contributed by atoms with van der Waals surface area (Å²) in [6.45, 7) is 5.77. The zero-order chi connectivity index (χ0) is 14.7. The van der Waals surface area contributed by atoms with Crippen molar-refractivity contribution in [2.75, 3.05) is 11.1 Å². The van der Waals surface area contributed by atoms with E-state index in [1.807, 2.05) is 26.8 Å². The first-order chi connectivity index (χ1) is 9.47. The molecule has 20 heavy (non-hydrogen) atoms. The molecule has 0 aliphatic carbocycles. The number of amides is 1. The summed E-state index contributed by atoms with van der Waals surface area (Å²) in [5.74, 6) is 0.238. The molecule has 0 radical (unpaired) electrons. The number of hydrogen-bond donors (Lipinski definition) is 2. The Hall–Kier alpha value is -2.57. The minimum Gasteiger partial charge on any atom is -0.491 e. The smallest absolute Gasteiger partial charge is 0.281 e. The average Bonchev–Trinajstić information content (AvgIpc) is 2.78. The van der Waals surface area contributed by atoms with Crippen molar-refractivity contribution in [1.29, 1.82) is 0 Å². The minimum absolute atomic E-state index is 0.0353. The van der Waals surface area contributed by atoms with Crippen LogP contribution in [-0.2, 0) is 0 Å². The standard InChI is InChI=1S/C13H16N4O3/c1-7(2)19-9-4-5-10(8(3)6-9)15-13(18)11-12(14)17-20-16-11/h4-7H,1-3H3,(H2,14,17)(H,15,18). The normalized spacial score (nSPS) is 10.6. The molecule has 0 unspecified atom stereocenters. The van der Waals surface area contributed by atoms with Gasteiger partial charge in [-0.2, -0.15) is 0 Å². The van der Waals surface area contributed by atoms with Crippen LogP contribution in [0.5, 0.6) is 5.75 Å². The number of nitrogens with two attached hydrogens (primary N) is 1. The molecule has 7 heteroatoms. The van der Waals surface area contributed by atoms with Gasteiger partial charge >= 0.3 is 0 Å². The second kappa shape index (κ2) is 5.60. The monoisotopic (exact) mass is 276 g/mol. The molecule has 1 heterocycles. The number of nitrogen functional groups attached to an aromatic ring is 1. The first kappa shape index (κ1) is 13.9. The number of nitrogens with one attached hydrogen (secondary N) is 1. The van der Waals surface area contributed by atoms with E-state index in [-0.39, 0.29) is 17.6 Å². The lowest BCUT2D eigenvalue weighted by Crippen LogP contribution is -2.15. The van der Waals surface area contributed by atoms with Crippen molar-refractivity contribution >= 4 is 17.4 Å². The van der Waals surface area contributed by atoms with Crippen LogP contribution in [-0.4, -0.2) is 22.3 Å². The quantitative estimate of drug-likeness (QED) is 0.885. The van der Waals surface area contributed by atoms with E-state index in [1.54, 1.807) is 12.1 Å². The number of nitrogens with zero attached hydrogens (tertiary/aromatic N) is 2. The van der Waals surface area contributed by atoms with Crippen molar-refractivity contribution in [3.05, 3.63) is 29.5 Å². The Morgan fingerprint density at radius 2 is 2.15 bits per heavy atom. The molecule has 7 nitrogen and oxygen atoms in total. The van der Waals surface area contributed by atoms with E-state index in [0.29, 0.717) is 5.69 Å². The first-order valence-corrected chi connectivity index (χ1v) is 6.14. The zero-order valence-corrected chi connectivity index (χ0v) is 11.5. The summed E-state index contributed by atoms with van der Waals surface area (Å²) in [4.78, 5) is 11.9. The highest BCUT2D eigenvalue weighted by molar-refractivity contribution is 6.05. The van der Waals surface area contributed by atoms with Gasteiger partial charge in [0.25, 0.3) is 5.91 Å². The molecule has 1 aromatic heterocycles. The van der Waals surface area contributed by atoms with Gasteiger partial charge in [-0.1, -0.05) is 0 Å². The summed E-state index contributed by atoms with van der Waals surface area (Å²) < 4.78 is 9.97. The van der Waals surface area contributed by atoms with Gasteiger partial charge in [0.05, 0.1) is 6.10 Å². The molecule has 1 amide bonds. The van der Waals surface area contributed by atoms with Crippen LogP contribution in [0.2, 0.25) is 0 Å². The third kappa shape index (κ3) is 3.05. The van der Waals surface area contributed by atoms with E-state index in [4.69, 9.17) is 10.5 Å². The molecule has 0 bridgehead atoms. The van der Waals surface area contributed by atoms with Gasteiger partial charge in [-0.05, 0) is 54.8 Å². The van der Waals surface area contributed by atoms with Gasteiger partial charge in [0.15, 0.2) is 0 Å². The van der Waals surface area contributed by atoms with Crippen molar-refractivity contribution < 1.29 is 14.2 Å². The van der Waals surface area contributed by atoms with Crippen molar-refractivity contribution in [3.63, 3.8) is 0 Å². The van der Waals surface area contributed by atoms with E-state index >= 15 is 0 Å². The van der Waals surface area contributed by atoms with Crippen LogP contribution in [0.25, 0.3) is 0 Å². The highest BCUT2D eigenvalue weighted by Gasteiger charge is 2.16. The first-order valence-electron chi connectivity index (χ1n) is 6.14. The Morgan fingerprint density at radius 1 is 1.40 bits per heavy atom. The fraction of sp³-hybridized carbons (Fsp3) is 0.308. The van der Waals surface area contributed by atoms with Gasteiger partial charge < -0.3 is 15.8 Å². The van der Waals surface area contributed by atoms with Crippen LogP contribution in [0.15, 0.2) is 22.8 Å². The van der Waals surface area contributed by atoms with E-state index in [1.165, 1.54) is 0 Å². The molecule has 0 saturated carbocycles. The van der Waals surface area contributed by atoms with E-state index < -0.39 is 5.91 Å². The molecule has 2 rings (SSSR count). The summed E-state index contributed by atoms with van der Waals surface area (Å²) in [6.07, 6.45) is 0.0934. The number of carbonyl (C=O) groups excluding carboxylic acids is 1. The Labute approximate surface area is 116 Å². The third-order valence-electron chi connectivity index (χ3n) is 2.55. The average molecular weight is 276 g/mol. The molecular weight excluding hydrogens is 260 g/mol. The summed E-state index contributed by atoms with van der Waals surface area (Å²) >= 11 is 0. The van der Waals surface area contributed by atoms with Crippen LogP contribution >= 0.6 is 0 Å². The summed E-state index contributed by atoms with van der Waals surface area (Å²) in [6, 6.07) is 5.39. The predicted octanol–water partition coefficient (Wildman–Crippen LogP) is 2.00. The third-order valence-corrected chi connectivity index (χ3v) is 2.55. The van der Waals surface area contributed by atoms with E-state index in [0.717, 1.165) is 11.3 Å². The predicted molar refractivity (Wildman–Crippen MR) is 73.6 cm³/mol. The van der Waals surface area contributed by atoms with Gasteiger partial charge in [-0.25, -0.2) is 4.63 Å². The number of aromatic nitrogens is 2. The van der Waals surface area contributed by atoms with Crippen molar-refractivity contribution in [2.45, 2.75) is 26.9 Å². The highest BCUT2D eigenvalue weighted by Crippen LogP contribution is 2.23. The van der Waals surface area contributed by atoms with E-state index in [2.05, 4.69) is 20.3 Å². The fourth-order valence-corrected chi connectivity index (χ4v) is 1.66. The number of hydrogen-bond acceptors (Lipinski definition) is 6. The Bertz CT molecular complexity index is 622. The van der Waals surface area contributed by atoms with E-state index in [9.17, 15) is 4.79 Å². The number of rotatable bonds is 4. The second-order valence-corrected chi connectivity index (χ2v) is 4.60. The van der Waals surface area contributed by atoms with Crippen LogP contribution in [0.3, 0.4) is 0 Å². The summed E-state index contributed by atoms with van der Waals surface area (Å²) in [5.41, 5.74) is 6.94. The van der Waals surface area contributed by atoms with Gasteiger partial charge in [0, 0.05) is 5.69 Å². The summed E-state index contributed by atoms with van der Waals surface area (Å²) in [5, 5.41) is 9.51. The molecule has 1 aromatic carbocycles. The highest BCUT2D eigenvalue weighted by atomic mass is 16.6. The maximum atomic E-state index is 11.9. The van der Waals surface area contributed by atoms with Crippen molar-refractivity contribution in [2.24, 2.45) is 0 Å². The van der Waals surface area contributed by atoms with Crippen LogP contribution in [0.1, 0.15) is 29.9 Å².